The standard InChI is InChI=1S/C20H32N4O4S/c1-14-11-17(21-20(25)18-12-19(28-22-18)16-3-4-16)6-9-24(14)29(26,27)10-7-15-5-8-23(2)13-15/h12,14-17H,3-11,13H2,1-2H3,(H,21,25)/t14-,15?,17-/m0/s1. The van der Waals surface area contributed by atoms with Gasteiger partial charge in [-0.25, -0.2) is 8.42 Å². The molecule has 1 aromatic heterocycles. The Kier molecular flexibility index (Phi) is 5.99. The highest BCUT2D eigenvalue weighted by atomic mass is 32.2. The molecule has 8 nitrogen and oxygen atoms in total. The van der Waals surface area contributed by atoms with Gasteiger partial charge in [0.05, 0.1) is 5.75 Å². The topological polar surface area (TPSA) is 95.7 Å². The summed E-state index contributed by atoms with van der Waals surface area (Å²) >= 11 is 0. The van der Waals surface area contributed by atoms with E-state index in [4.69, 9.17) is 4.52 Å². The average Bonchev–Trinajstić information content (AvgIpc) is 3.24. The molecule has 0 radical (unpaired) electrons. The first-order valence-corrected chi connectivity index (χ1v) is 12.4. The first kappa shape index (κ1) is 20.8. The van der Waals surface area contributed by atoms with E-state index in [1.807, 2.05) is 6.92 Å². The molecule has 1 N–H and O–H groups in total. The Labute approximate surface area is 173 Å². The summed E-state index contributed by atoms with van der Waals surface area (Å²) < 4.78 is 32.6. The van der Waals surface area contributed by atoms with Crippen molar-refractivity contribution in [2.45, 2.75) is 63.5 Å². The fourth-order valence-corrected chi connectivity index (χ4v) is 6.49. The molecule has 3 fully saturated rings. The fraction of sp³-hybridized carbons (Fsp3) is 0.800. The second kappa shape index (κ2) is 8.35. The van der Waals surface area contributed by atoms with Crippen molar-refractivity contribution in [1.29, 1.82) is 0 Å². The van der Waals surface area contributed by atoms with Crippen LogP contribution in [-0.2, 0) is 10.0 Å². The molecule has 162 valence electrons. The molecule has 1 saturated carbocycles. The molecule has 1 unspecified atom stereocenters. The van der Waals surface area contributed by atoms with E-state index in [0.717, 1.165) is 44.5 Å². The van der Waals surface area contributed by atoms with Crippen LogP contribution in [0.4, 0.5) is 0 Å². The third-order valence-corrected chi connectivity index (χ3v) is 8.53. The second-order valence-corrected chi connectivity index (χ2v) is 11.1. The quantitative estimate of drug-likeness (QED) is 0.717. The lowest BCUT2D eigenvalue weighted by Gasteiger charge is -2.37. The summed E-state index contributed by atoms with van der Waals surface area (Å²) in [6, 6.07) is 1.56. The number of carbonyl (C=O) groups excluding carboxylic acids is 1. The van der Waals surface area contributed by atoms with Crippen LogP contribution in [-0.4, -0.2) is 73.2 Å². The van der Waals surface area contributed by atoms with Crippen molar-refractivity contribution < 1.29 is 17.7 Å². The van der Waals surface area contributed by atoms with Gasteiger partial charge in [0.15, 0.2) is 5.69 Å². The number of nitrogens with one attached hydrogen (secondary N) is 1. The Hall–Kier alpha value is -1.45. The van der Waals surface area contributed by atoms with E-state index in [-0.39, 0.29) is 23.7 Å². The molecule has 2 saturated heterocycles. The van der Waals surface area contributed by atoms with Gasteiger partial charge in [0.2, 0.25) is 10.0 Å². The summed E-state index contributed by atoms with van der Waals surface area (Å²) in [4.78, 5) is 14.7. The lowest BCUT2D eigenvalue weighted by molar-refractivity contribution is 0.0905. The molecule has 1 aromatic rings. The van der Waals surface area contributed by atoms with E-state index < -0.39 is 10.0 Å². The Morgan fingerprint density at radius 1 is 1.28 bits per heavy atom. The number of hydrogen-bond donors (Lipinski definition) is 1. The number of aromatic nitrogens is 1. The third kappa shape index (κ3) is 5.00. The zero-order chi connectivity index (χ0) is 20.6. The monoisotopic (exact) mass is 424 g/mol. The smallest absolute Gasteiger partial charge is 0.273 e. The van der Waals surface area contributed by atoms with Gasteiger partial charge < -0.3 is 14.7 Å². The zero-order valence-corrected chi connectivity index (χ0v) is 18.2. The summed E-state index contributed by atoms with van der Waals surface area (Å²) in [5, 5.41) is 6.89. The van der Waals surface area contributed by atoms with Crippen LogP contribution >= 0.6 is 0 Å². The molecule has 2 aliphatic heterocycles. The van der Waals surface area contributed by atoms with Crippen molar-refractivity contribution in [3.63, 3.8) is 0 Å². The van der Waals surface area contributed by atoms with E-state index >= 15 is 0 Å². The molecule has 29 heavy (non-hydrogen) atoms. The minimum Gasteiger partial charge on any atom is -0.360 e. The van der Waals surface area contributed by atoms with Crippen LogP contribution in [0.25, 0.3) is 0 Å². The molecule has 0 aromatic carbocycles. The van der Waals surface area contributed by atoms with Crippen molar-refractivity contribution in [3.8, 4) is 0 Å². The number of nitrogens with zero attached hydrogens (tertiary/aromatic N) is 3. The summed E-state index contributed by atoms with van der Waals surface area (Å²) in [6.45, 7) is 4.43. The van der Waals surface area contributed by atoms with Crippen LogP contribution in [0.3, 0.4) is 0 Å². The van der Waals surface area contributed by atoms with E-state index in [0.29, 0.717) is 36.9 Å². The lowest BCUT2D eigenvalue weighted by atomic mass is 10.0. The average molecular weight is 425 g/mol. The normalized spacial score (nSPS) is 29.2. The van der Waals surface area contributed by atoms with E-state index in [1.165, 1.54) is 0 Å². The largest absolute Gasteiger partial charge is 0.360 e. The van der Waals surface area contributed by atoms with Crippen molar-refractivity contribution in [2.24, 2.45) is 5.92 Å². The number of amides is 1. The van der Waals surface area contributed by atoms with Gasteiger partial charge in [-0.05, 0) is 65.0 Å². The number of sulfonamides is 1. The van der Waals surface area contributed by atoms with Crippen LogP contribution in [0, 0.1) is 5.92 Å². The molecular weight excluding hydrogens is 392 g/mol. The number of likely N-dealkylation sites (tertiary alicyclic amines) is 1. The fourth-order valence-electron chi connectivity index (χ4n) is 4.61. The van der Waals surface area contributed by atoms with Crippen molar-refractivity contribution >= 4 is 15.9 Å². The summed E-state index contributed by atoms with van der Waals surface area (Å²) in [5.41, 5.74) is 0.316. The number of carbonyl (C=O) groups is 1. The summed E-state index contributed by atoms with van der Waals surface area (Å²) in [6.07, 6.45) is 5.24. The van der Waals surface area contributed by atoms with Crippen molar-refractivity contribution in [3.05, 3.63) is 17.5 Å². The third-order valence-electron chi connectivity index (χ3n) is 6.52. The van der Waals surface area contributed by atoms with Crippen LogP contribution in [0.15, 0.2) is 10.6 Å². The molecule has 1 aliphatic carbocycles. The van der Waals surface area contributed by atoms with E-state index in [2.05, 4.69) is 22.4 Å². The highest BCUT2D eigenvalue weighted by Crippen LogP contribution is 2.40. The lowest BCUT2D eigenvalue weighted by Crippen LogP contribution is -2.51. The molecule has 1 amide bonds. The number of piperidine rings is 1. The maximum Gasteiger partial charge on any atom is 0.273 e. The second-order valence-electron chi connectivity index (χ2n) is 9.06. The van der Waals surface area contributed by atoms with Gasteiger partial charge in [-0.3, -0.25) is 4.79 Å². The molecule has 4 rings (SSSR count). The highest BCUT2D eigenvalue weighted by Gasteiger charge is 2.35. The summed E-state index contributed by atoms with van der Waals surface area (Å²) in [5.74, 6) is 1.67. The van der Waals surface area contributed by atoms with Gasteiger partial charge in [0, 0.05) is 37.2 Å². The van der Waals surface area contributed by atoms with Gasteiger partial charge in [-0.1, -0.05) is 5.16 Å². The molecule has 9 heteroatoms. The zero-order valence-electron chi connectivity index (χ0n) is 17.3. The SMILES string of the molecule is C[C@H]1C[C@@H](NC(=O)c2cc(C3CC3)on2)CCN1S(=O)(=O)CCC1CCN(C)C1. The van der Waals surface area contributed by atoms with Crippen LogP contribution in [0.2, 0.25) is 0 Å². The Morgan fingerprint density at radius 2 is 2.07 bits per heavy atom. The Morgan fingerprint density at radius 3 is 2.72 bits per heavy atom. The predicted octanol–water partition coefficient (Wildman–Crippen LogP) is 1.81. The van der Waals surface area contributed by atoms with Gasteiger partial charge >= 0.3 is 0 Å². The molecule has 0 bridgehead atoms. The highest BCUT2D eigenvalue weighted by molar-refractivity contribution is 7.89. The van der Waals surface area contributed by atoms with Gasteiger partial charge in [0.1, 0.15) is 5.76 Å². The molecule has 3 aliphatic rings. The number of rotatable bonds is 7. The predicted molar refractivity (Wildman–Crippen MR) is 109 cm³/mol. The van der Waals surface area contributed by atoms with E-state index in [9.17, 15) is 13.2 Å². The van der Waals surface area contributed by atoms with Gasteiger partial charge in [-0.2, -0.15) is 4.31 Å². The van der Waals surface area contributed by atoms with E-state index in [1.54, 1.807) is 10.4 Å². The van der Waals surface area contributed by atoms with Crippen LogP contribution in [0.1, 0.15) is 67.6 Å². The van der Waals surface area contributed by atoms with Gasteiger partial charge in [0.25, 0.3) is 5.91 Å². The minimum atomic E-state index is -3.27. The maximum atomic E-state index is 12.9. The van der Waals surface area contributed by atoms with Gasteiger partial charge in [-0.15, -0.1) is 0 Å². The van der Waals surface area contributed by atoms with Crippen LogP contribution < -0.4 is 5.32 Å². The molecule has 3 atom stereocenters. The maximum absolute atomic E-state index is 12.9. The first-order chi connectivity index (χ1) is 13.8. The molecular formula is C20H32N4O4S. The molecule has 0 spiro atoms. The van der Waals surface area contributed by atoms with Crippen molar-refractivity contribution in [1.82, 2.24) is 19.7 Å². The van der Waals surface area contributed by atoms with Crippen LogP contribution in [0.5, 0.6) is 0 Å². The molecule has 3 heterocycles. The minimum absolute atomic E-state index is 0.0477. The van der Waals surface area contributed by atoms with Crippen molar-refractivity contribution in [2.75, 3.05) is 32.4 Å². The number of hydrogen-bond acceptors (Lipinski definition) is 6. The first-order valence-electron chi connectivity index (χ1n) is 10.8. The Balaban J connectivity index is 1.27. The Bertz CT molecular complexity index is 835. The summed E-state index contributed by atoms with van der Waals surface area (Å²) in [7, 11) is -1.18.